The van der Waals surface area contributed by atoms with E-state index in [4.69, 9.17) is 17.3 Å². The number of nitrogens with zero attached hydrogens (tertiary/aromatic N) is 2. The second-order valence-electron chi connectivity index (χ2n) is 2.95. The van der Waals surface area contributed by atoms with Crippen molar-refractivity contribution >= 4 is 17.5 Å². The minimum Gasteiger partial charge on any atom is -0.368 e. The third-order valence-electron chi connectivity index (χ3n) is 1.91. The van der Waals surface area contributed by atoms with Crippen molar-refractivity contribution in [2.75, 3.05) is 5.73 Å². The van der Waals surface area contributed by atoms with Crippen molar-refractivity contribution in [2.24, 2.45) is 0 Å². The Kier molecular flexibility index (Phi) is 2.51. The summed E-state index contributed by atoms with van der Waals surface area (Å²) in [6.07, 6.45) is 3.01. The number of hydrogen-bond donors (Lipinski definition) is 1. The Morgan fingerprint density at radius 3 is 2.53 bits per heavy atom. The third kappa shape index (κ3) is 2.05. The highest BCUT2D eigenvalue weighted by Gasteiger charge is 2.05. The van der Waals surface area contributed by atoms with Gasteiger partial charge in [0.25, 0.3) is 0 Å². The van der Waals surface area contributed by atoms with E-state index in [1.807, 2.05) is 0 Å². The fourth-order valence-corrected chi connectivity index (χ4v) is 1.42. The summed E-state index contributed by atoms with van der Waals surface area (Å²) in [5.74, 6) is -0.183. The lowest BCUT2D eigenvalue weighted by molar-refractivity contribution is 0.628. The summed E-state index contributed by atoms with van der Waals surface area (Å²) < 4.78 is 13.0. The van der Waals surface area contributed by atoms with Crippen LogP contribution in [0.5, 0.6) is 0 Å². The van der Waals surface area contributed by atoms with Gasteiger partial charge in [0.2, 0.25) is 5.95 Å². The summed E-state index contributed by atoms with van der Waals surface area (Å²) >= 11 is 5.92. The first-order chi connectivity index (χ1) is 7.16. The molecule has 1 heterocycles. The Bertz CT molecular complexity index is 485. The molecule has 1 aromatic carbocycles. The van der Waals surface area contributed by atoms with Crippen LogP contribution in [0.3, 0.4) is 0 Å². The predicted octanol–water partition coefficient (Wildman–Crippen LogP) is 2.52. The summed E-state index contributed by atoms with van der Waals surface area (Å²) in [5.41, 5.74) is 6.53. The highest BCUT2D eigenvalue weighted by molar-refractivity contribution is 6.33. The van der Waals surface area contributed by atoms with Crippen LogP contribution in [0.1, 0.15) is 0 Å². The number of benzene rings is 1. The second-order valence-corrected chi connectivity index (χ2v) is 3.36. The van der Waals surface area contributed by atoms with Gasteiger partial charge in [0.05, 0.1) is 0 Å². The average Bonchev–Trinajstić information content (AvgIpc) is 2.23. The third-order valence-corrected chi connectivity index (χ3v) is 2.24. The zero-order valence-corrected chi connectivity index (χ0v) is 8.37. The highest BCUT2D eigenvalue weighted by Crippen LogP contribution is 2.27. The molecule has 0 aliphatic rings. The molecule has 0 spiro atoms. The molecule has 15 heavy (non-hydrogen) atoms. The summed E-state index contributed by atoms with van der Waals surface area (Å²) in [5, 5.41) is 0.449. The van der Waals surface area contributed by atoms with Crippen LogP contribution in [0.25, 0.3) is 11.1 Å². The fraction of sp³-hybridized carbons (Fsp3) is 0. The molecule has 0 saturated heterocycles. The molecule has 0 atom stereocenters. The number of aromatic nitrogens is 2. The van der Waals surface area contributed by atoms with Crippen LogP contribution >= 0.6 is 11.6 Å². The smallest absolute Gasteiger partial charge is 0.219 e. The van der Waals surface area contributed by atoms with E-state index in [0.717, 1.165) is 0 Å². The maximum absolute atomic E-state index is 13.0. The Balaban J connectivity index is 2.53. The summed E-state index contributed by atoms with van der Waals surface area (Å²) in [6.45, 7) is 0. The van der Waals surface area contributed by atoms with Crippen molar-refractivity contribution in [2.45, 2.75) is 0 Å². The fourth-order valence-electron chi connectivity index (χ4n) is 1.20. The van der Waals surface area contributed by atoms with Gasteiger partial charge in [0.15, 0.2) is 0 Å². The van der Waals surface area contributed by atoms with Gasteiger partial charge in [-0.25, -0.2) is 14.4 Å². The van der Waals surface area contributed by atoms with Crippen molar-refractivity contribution in [3.05, 3.63) is 41.4 Å². The first-order valence-electron chi connectivity index (χ1n) is 4.20. The lowest BCUT2D eigenvalue weighted by Gasteiger charge is -2.03. The first kappa shape index (κ1) is 9.86. The van der Waals surface area contributed by atoms with E-state index in [9.17, 15) is 4.39 Å². The molecule has 0 fully saturated rings. The van der Waals surface area contributed by atoms with Crippen LogP contribution in [0.4, 0.5) is 10.3 Å². The van der Waals surface area contributed by atoms with E-state index in [1.165, 1.54) is 30.6 Å². The van der Waals surface area contributed by atoms with Crippen molar-refractivity contribution in [3.8, 4) is 11.1 Å². The molecule has 0 amide bonds. The number of halogens is 2. The van der Waals surface area contributed by atoms with E-state index in [0.29, 0.717) is 16.1 Å². The Labute approximate surface area is 90.7 Å². The van der Waals surface area contributed by atoms with Crippen molar-refractivity contribution in [1.29, 1.82) is 0 Å². The molecule has 0 aliphatic carbocycles. The normalized spacial score (nSPS) is 10.3. The minimum atomic E-state index is -0.355. The molecule has 3 nitrogen and oxygen atoms in total. The first-order valence-corrected chi connectivity index (χ1v) is 4.57. The summed E-state index contributed by atoms with van der Waals surface area (Å²) in [4.78, 5) is 7.62. The van der Waals surface area contributed by atoms with Crippen LogP contribution in [0.15, 0.2) is 30.6 Å². The van der Waals surface area contributed by atoms with Crippen molar-refractivity contribution < 1.29 is 4.39 Å². The maximum atomic E-state index is 13.0. The maximum Gasteiger partial charge on any atom is 0.219 e. The SMILES string of the molecule is Nc1ncc(-c2cc(F)ccc2Cl)cn1. The molecular weight excluding hydrogens is 217 g/mol. The van der Waals surface area contributed by atoms with E-state index >= 15 is 0 Å². The largest absolute Gasteiger partial charge is 0.368 e. The van der Waals surface area contributed by atoms with Crippen molar-refractivity contribution in [1.82, 2.24) is 9.97 Å². The monoisotopic (exact) mass is 223 g/mol. The molecule has 2 aromatic rings. The predicted molar refractivity (Wildman–Crippen MR) is 56.8 cm³/mol. The van der Waals surface area contributed by atoms with Crippen LogP contribution < -0.4 is 5.73 Å². The van der Waals surface area contributed by atoms with Crippen LogP contribution in [0, 0.1) is 5.82 Å². The quantitative estimate of drug-likeness (QED) is 0.808. The Morgan fingerprint density at radius 2 is 1.87 bits per heavy atom. The number of nitrogens with two attached hydrogens (primary N) is 1. The van der Waals surface area contributed by atoms with Gasteiger partial charge in [0, 0.05) is 28.5 Å². The van der Waals surface area contributed by atoms with Gasteiger partial charge in [-0.1, -0.05) is 11.6 Å². The molecule has 0 unspecified atom stereocenters. The lowest BCUT2D eigenvalue weighted by atomic mass is 10.1. The Hall–Kier alpha value is -1.68. The zero-order chi connectivity index (χ0) is 10.8. The van der Waals surface area contributed by atoms with Gasteiger partial charge in [-0.05, 0) is 18.2 Å². The highest BCUT2D eigenvalue weighted by atomic mass is 35.5. The summed E-state index contributed by atoms with van der Waals surface area (Å²) in [7, 11) is 0. The number of hydrogen-bond acceptors (Lipinski definition) is 3. The molecule has 2 N–H and O–H groups in total. The lowest BCUT2D eigenvalue weighted by Crippen LogP contribution is -1.94. The van der Waals surface area contributed by atoms with Gasteiger partial charge in [-0.3, -0.25) is 0 Å². The molecule has 5 heteroatoms. The van der Waals surface area contributed by atoms with E-state index in [2.05, 4.69) is 9.97 Å². The van der Waals surface area contributed by atoms with Crippen molar-refractivity contribution in [3.63, 3.8) is 0 Å². The summed E-state index contributed by atoms with van der Waals surface area (Å²) in [6, 6.07) is 4.11. The Morgan fingerprint density at radius 1 is 1.20 bits per heavy atom. The standard InChI is InChI=1S/C10H7ClFN3/c11-9-2-1-7(12)3-8(9)6-4-14-10(13)15-5-6/h1-5H,(H2,13,14,15). The number of anilines is 1. The van der Waals surface area contributed by atoms with Gasteiger partial charge >= 0.3 is 0 Å². The molecular formula is C10H7ClFN3. The molecule has 0 aliphatic heterocycles. The molecule has 2 rings (SSSR count). The van der Waals surface area contributed by atoms with Crippen LogP contribution in [-0.4, -0.2) is 9.97 Å². The van der Waals surface area contributed by atoms with Gasteiger partial charge in [0.1, 0.15) is 5.82 Å². The molecule has 0 bridgehead atoms. The zero-order valence-electron chi connectivity index (χ0n) is 7.61. The number of nitrogen functional groups attached to an aromatic ring is 1. The van der Waals surface area contributed by atoms with Crippen LogP contribution in [-0.2, 0) is 0 Å². The van der Waals surface area contributed by atoms with E-state index in [1.54, 1.807) is 0 Å². The molecule has 1 aromatic heterocycles. The number of rotatable bonds is 1. The van der Waals surface area contributed by atoms with Gasteiger partial charge in [-0.2, -0.15) is 0 Å². The molecule has 76 valence electrons. The molecule has 0 radical (unpaired) electrons. The average molecular weight is 224 g/mol. The van der Waals surface area contributed by atoms with E-state index < -0.39 is 0 Å². The van der Waals surface area contributed by atoms with Gasteiger partial charge in [-0.15, -0.1) is 0 Å². The van der Waals surface area contributed by atoms with Gasteiger partial charge < -0.3 is 5.73 Å². The van der Waals surface area contributed by atoms with Crippen LogP contribution in [0.2, 0.25) is 5.02 Å². The topological polar surface area (TPSA) is 51.8 Å². The molecule has 0 saturated carbocycles. The van der Waals surface area contributed by atoms with E-state index in [-0.39, 0.29) is 11.8 Å². The second kappa shape index (κ2) is 3.82. The minimum absolute atomic E-state index is 0.172.